The summed E-state index contributed by atoms with van der Waals surface area (Å²) in [4.78, 5) is 14.9. The zero-order valence-electron chi connectivity index (χ0n) is 9.63. The molecular weight excluding hydrogens is 237 g/mol. The number of nitrogens with one attached hydrogen (secondary N) is 1. The molecule has 0 radical (unpaired) electrons. The Kier molecular flexibility index (Phi) is 4.58. The Balaban J connectivity index is 2.50. The average Bonchev–Trinajstić information content (AvgIpc) is 2.24. The predicted molar refractivity (Wildman–Crippen MR) is 56.5 cm³/mol. The van der Waals surface area contributed by atoms with E-state index in [9.17, 15) is 18.0 Å². The molecule has 1 unspecified atom stereocenters. The van der Waals surface area contributed by atoms with E-state index < -0.39 is 18.8 Å². The Morgan fingerprint density at radius 1 is 1.47 bits per heavy atom. The van der Waals surface area contributed by atoms with Crippen molar-refractivity contribution in [1.29, 1.82) is 0 Å². The molecule has 0 aliphatic carbocycles. The lowest BCUT2D eigenvalue weighted by Crippen LogP contribution is -2.59. The van der Waals surface area contributed by atoms with Crippen LogP contribution in [-0.4, -0.2) is 67.8 Å². The normalized spacial score (nSPS) is 22.6. The molecule has 1 atom stereocenters. The number of hydrogen-bond donors (Lipinski definition) is 2. The van der Waals surface area contributed by atoms with Gasteiger partial charge in [-0.15, -0.1) is 0 Å². The second kappa shape index (κ2) is 5.54. The molecule has 0 bridgehead atoms. The van der Waals surface area contributed by atoms with E-state index in [1.54, 1.807) is 0 Å². The van der Waals surface area contributed by atoms with Crippen molar-refractivity contribution in [3.8, 4) is 0 Å². The molecule has 8 heteroatoms. The molecule has 3 N–H and O–H groups in total. The van der Waals surface area contributed by atoms with Crippen molar-refractivity contribution in [2.24, 2.45) is 5.73 Å². The smallest absolute Gasteiger partial charge is 0.329 e. The SMILES string of the molecule is CN1CCN(C(=O)NCC(F)(F)F)C(CN)C1. The summed E-state index contributed by atoms with van der Waals surface area (Å²) in [5.41, 5.74) is 5.51. The highest BCUT2D eigenvalue weighted by atomic mass is 19.4. The average molecular weight is 254 g/mol. The Morgan fingerprint density at radius 3 is 2.65 bits per heavy atom. The number of rotatable bonds is 2. The van der Waals surface area contributed by atoms with Crippen molar-refractivity contribution in [2.75, 3.05) is 39.8 Å². The minimum absolute atomic E-state index is 0.234. The lowest BCUT2D eigenvalue weighted by atomic mass is 10.2. The van der Waals surface area contributed by atoms with Gasteiger partial charge in [-0.05, 0) is 7.05 Å². The highest BCUT2D eigenvalue weighted by Crippen LogP contribution is 2.13. The first-order valence-corrected chi connectivity index (χ1v) is 5.33. The molecule has 1 aliphatic rings. The van der Waals surface area contributed by atoms with E-state index in [0.29, 0.717) is 19.6 Å². The van der Waals surface area contributed by atoms with E-state index in [0.717, 1.165) is 0 Å². The molecular formula is C9H17F3N4O. The molecule has 17 heavy (non-hydrogen) atoms. The molecule has 0 saturated carbocycles. The first-order chi connectivity index (χ1) is 7.83. The number of piperazine rings is 1. The van der Waals surface area contributed by atoms with Crippen molar-refractivity contribution in [2.45, 2.75) is 12.2 Å². The summed E-state index contributed by atoms with van der Waals surface area (Å²) in [6.07, 6.45) is -4.39. The van der Waals surface area contributed by atoms with Crippen LogP contribution in [0, 0.1) is 0 Å². The third-order valence-corrected chi connectivity index (χ3v) is 2.66. The summed E-state index contributed by atoms with van der Waals surface area (Å²) in [6.45, 7) is 0.535. The van der Waals surface area contributed by atoms with Gasteiger partial charge in [-0.1, -0.05) is 0 Å². The molecule has 1 fully saturated rings. The third kappa shape index (κ3) is 4.39. The maximum atomic E-state index is 12.0. The van der Waals surface area contributed by atoms with Crippen LogP contribution in [0.4, 0.5) is 18.0 Å². The summed E-state index contributed by atoms with van der Waals surface area (Å²) in [7, 11) is 1.88. The monoisotopic (exact) mass is 254 g/mol. The number of amides is 2. The fraction of sp³-hybridized carbons (Fsp3) is 0.889. The predicted octanol–water partition coefficient (Wildman–Crippen LogP) is -0.167. The summed E-state index contributed by atoms with van der Waals surface area (Å²) >= 11 is 0. The number of alkyl halides is 3. The Labute approximate surface area is 97.7 Å². The highest BCUT2D eigenvalue weighted by Gasteiger charge is 2.32. The van der Waals surface area contributed by atoms with Gasteiger partial charge in [0.1, 0.15) is 6.54 Å². The largest absolute Gasteiger partial charge is 0.405 e. The molecule has 0 spiro atoms. The van der Waals surface area contributed by atoms with Crippen LogP contribution >= 0.6 is 0 Å². The van der Waals surface area contributed by atoms with Crippen LogP contribution in [0.5, 0.6) is 0 Å². The number of urea groups is 1. The maximum Gasteiger partial charge on any atom is 0.405 e. The zero-order chi connectivity index (χ0) is 13.1. The lowest BCUT2D eigenvalue weighted by Gasteiger charge is -2.39. The van der Waals surface area contributed by atoms with E-state index in [1.165, 1.54) is 4.90 Å². The second-order valence-corrected chi connectivity index (χ2v) is 4.12. The number of nitrogens with two attached hydrogens (primary N) is 1. The van der Waals surface area contributed by atoms with Crippen LogP contribution in [0.2, 0.25) is 0 Å². The molecule has 1 saturated heterocycles. The van der Waals surface area contributed by atoms with Gasteiger partial charge in [-0.3, -0.25) is 0 Å². The van der Waals surface area contributed by atoms with Gasteiger partial charge in [-0.2, -0.15) is 13.2 Å². The topological polar surface area (TPSA) is 61.6 Å². The van der Waals surface area contributed by atoms with Gasteiger partial charge in [0.05, 0.1) is 6.04 Å². The summed E-state index contributed by atoms with van der Waals surface area (Å²) in [5, 5.41) is 1.86. The van der Waals surface area contributed by atoms with Crippen LogP contribution in [0.1, 0.15) is 0 Å². The minimum atomic E-state index is -4.39. The molecule has 0 aromatic carbocycles. The molecule has 1 heterocycles. The van der Waals surface area contributed by atoms with Crippen LogP contribution in [0.25, 0.3) is 0 Å². The van der Waals surface area contributed by atoms with E-state index in [-0.39, 0.29) is 12.6 Å². The van der Waals surface area contributed by atoms with Crippen LogP contribution in [0.15, 0.2) is 0 Å². The zero-order valence-corrected chi connectivity index (χ0v) is 9.63. The second-order valence-electron chi connectivity index (χ2n) is 4.12. The summed E-state index contributed by atoms with van der Waals surface area (Å²) in [5.74, 6) is 0. The number of hydrogen-bond acceptors (Lipinski definition) is 3. The van der Waals surface area contributed by atoms with Gasteiger partial charge < -0.3 is 20.9 Å². The van der Waals surface area contributed by atoms with Crippen molar-refractivity contribution in [1.82, 2.24) is 15.1 Å². The van der Waals surface area contributed by atoms with Gasteiger partial charge in [0, 0.05) is 26.2 Å². The molecule has 100 valence electrons. The third-order valence-electron chi connectivity index (χ3n) is 2.66. The van der Waals surface area contributed by atoms with Gasteiger partial charge in [0.15, 0.2) is 0 Å². The van der Waals surface area contributed by atoms with Gasteiger partial charge in [0.2, 0.25) is 0 Å². The lowest BCUT2D eigenvalue weighted by molar-refractivity contribution is -0.123. The number of carbonyl (C=O) groups excluding carboxylic acids is 1. The van der Waals surface area contributed by atoms with E-state index in [1.807, 2.05) is 17.3 Å². The maximum absolute atomic E-state index is 12.0. The van der Waals surface area contributed by atoms with Gasteiger partial charge in [-0.25, -0.2) is 4.79 Å². The molecule has 1 aliphatic heterocycles. The van der Waals surface area contributed by atoms with Crippen LogP contribution < -0.4 is 11.1 Å². The highest BCUT2D eigenvalue weighted by molar-refractivity contribution is 5.74. The van der Waals surface area contributed by atoms with Crippen molar-refractivity contribution >= 4 is 6.03 Å². The van der Waals surface area contributed by atoms with Crippen molar-refractivity contribution in [3.05, 3.63) is 0 Å². The molecule has 0 aromatic heterocycles. The van der Waals surface area contributed by atoms with Crippen LogP contribution in [0.3, 0.4) is 0 Å². The van der Waals surface area contributed by atoms with E-state index in [2.05, 4.69) is 0 Å². The van der Waals surface area contributed by atoms with Crippen molar-refractivity contribution < 1.29 is 18.0 Å². The quantitative estimate of drug-likeness (QED) is 0.719. The Bertz CT molecular complexity index is 271. The fourth-order valence-electron chi connectivity index (χ4n) is 1.76. The first-order valence-electron chi connectivity index (χ1n) is 5.33. The number of halogens is 3. The number of likely N-dealkylation sites (N-methyl/N-ethyl adjacent to an activating group) is 1. The molecule has 0 aromatic rings. The number of carbonyl (C=O) groups is 1. The Hall–Kier alpha value is -1.02. The fourth-order valence-corrected chi connectivity index (χ4v) is 1.76. The first kappa shape index (κ1) is 14.0. The number of nitrogens with zero attached hydrogens (tertiary/aromatic N) is 2. The van der Waals surface area contributed by atoms with Gasteiger partial charge in [0.25, 0.3) is 0 Å². The molecule has 2 amide bonds. The Morgan fingerprint density at radius 2 is 2.12 bits per heavy atom. The van der Waals surface area contributed by atoms with E-state index in [4.69, 9.17) is 5.73 Å². The van der Waals surface area contributed by atoms with E-state index >= 15 is 0 Å². The summed E-state index contributed by atoms with van der Waals surface area (Å²) < 4.78 is 35.9. The molecule has 5 nitrogen and oxygen atoms in total. The van der Waals surface area contributed by atoms with Gasteiger partial charge >= 0.3 is 12.2 Å². The minimum Gasteiger partial charge on any atom is -0.329 e. The standard InChI is InChI=1S/C9H17F3N4O/c1-15-2-3-16(7(4-13)5-15)8(17)14-6-9(10,11)12/h7H,2-6,13H2,1H3,(H,14,17). The van der Waals surface area contributed by atoms with Crippen molar-refractivity contribution in [3.63, 3.8) is 0 Å². The molecule has 1 rings (SSSR count). The van der Waals surface area contributed by atoms with Crippen LogP contribution in [-0.2, 0) is 0 Å². The summed E-state index contributed by atoms with van der Waals surface area (Å²) in [6, 6.07) is -0.937.